The van der Waals surface area contributed by atoms with Gasteiger partial charge in [0.1, 0.15) is 5.69 Å². The van der Waals surface area contributed by atoms with E-state index in [1.807, 2.05) is 17.5 Å². The molecule has 0 aromatic carbocycles. The molecule has 0 amide bonds. The Morgan fingerprint density at radius 3 is 3.07 bits per heavy atom. The van der Waals surface area contributed by atoms with E-state index in [0.717, 1.165) is 4.88 Å². The molecule has 2 aromatic rings. The van der Waals surface area contributed by atoms with Crippen LogP contribution in [0.2, 0.25) is 0 Å². The van der Waals surface area contributed by atoms with Crippen molar-refractivity contribution < 1.29 is 4.79 Å². The monoisotopic (exact) mass is 207 g/mol. The van der Waals surface area contributed by atoms with Crippen molar-refractivity contribution in [2.45, 2.75) is 6.42 Å². The lowest BCUT2D eigenvalue weighted by molar-refractivity contribution is 0.0989. The molecular weight excluding hydrogens is 198 g/mol. The lowest BCUT2D eigenvalue weighted by Gasteiger charge is -1.91. The summed E-state index contributed by atoms with van der Waals surface area (Å²) in [6.45, 7) is 0. The number of ketones is 1. The number of aryl methyl sites for hydroxylation is 1. The molecule has 0 N–H and O–H groups in total. The molecule has 2 rings (SSSR count). The fourth-order valence-corrected chi connectivity index (χ4v) is 1.84. The van der Waals surface area contributed by atoms with Crippen LogP contribution in [0.25, 0.3) is 0 Å². The Labute approximate surface area is 85.2 Å². The highest BCUT2D eigenvalue weighted by atomic mass is 32.1. The van der Waals surface area contributed by atoms with Crippen molar-refractivity contribution in [3.63, 3.8) is 0 Å². The molecule has 14 heavy (non-hydrogen) atoms. The van der Waals surface area contributed by atoms with Crippen molar-refractivity contribution in [3.8, 4) is 0 Å². The smallest absolute Gasteiger partial charge is 0.189 e. The van der Waals surface area contributed by atoms with Gasteiger partial charge >= 0.3 is 0 Å². The second-order valence-corrected chi connectivity index (χ2v) is 3.99. The Morgan fingerprint density at radius 1 is 1.64 bits per heavy atom. The molecule has 4 nitrogen and oxygen atoms in total. The van der Waals surface area contributed by atoms with Crippen molar-refractivity contribution in [1.29, 1.82) is 0 Å². The van der Waals surface area contributed by atoms with Crippen LogP contribution in [0.5, 0.6) is 0 Å². The minimum absolute atomic E-state index is 0.0144. The van der Waals surface area contributed by atoms with Crippen LogP contribution in [0, 0.1) is 0 Å². The van der Waals surface area contributed by atoms with E-state index in [9.17, 15) is 4.79 Å². The van der Waals surface area contributed by atoms with Gasteiger partial charge in [-0.1, -0.05) is 11.3 Å². The van der Waals surface area contributed by atoms with E-state index in [2.05, 4.69) is 10.3 Å². The maximum atomic E-state index is 11.6. The fraction of sp³-hybridized carbons (Fsp3) is 0.222. The quantitative estimate of drug-likeness (QED) is 0.713. The van der Waals surface area contributed by atoms with Crippen molar-refractivity contribution in [2.24, 2.45) is 7.05 Å². The van der Waals surface area contributed by atoms with Crippen molar-refractivity contribution in [3.05, 3.63) is 34.3 Å². The third kappa shape index (κ3) is 1.88. The summed E-state index contributed by atoms with van der Waals surface area (Å²) in [5.41, 5.74) is 0.431. The van der Waals surface area contributed by atoms with Crippen LogP contribution in [0.1, 0.15) is 15.4 Å². The average molecular weight is 207 g/mol. The van der Waals surface area contributed by atoms with Crippen LogP contribution in [-0.4, -0.2) is 20.8 Å². The molecular formula is C9H9N3OS. The highest BCUT2D eigenvalue weighted by Gasteiger charge is 2.10. The Kier molecular flexibility index (Phi) is 2.41. The first-order valence-electron chi connectivity index (χ1n) is 4.17. The third-order valence-electron chi connectivity index (χ3n) is 1.80. The highest BCUT2D eigenvalue weighted by Crippen LogP contribution is 2.11. The van der Waals surface area contributed by atoms with Gasteiger partial charge in [-0.25, -0.2) is 0 Å². The number of carbonyl (C=O) groups is 1. The molecule has 0 aliphatic heterocycles. The lowest BCUT2D eigenvalue weighted by Crippen LogP contribution is -2.02. The molecule has 72 valence electrons. The van der Waals surface area contributed by atoms with E-state index in [-0.39, 0.29) is 5.78 Å². The van der Waals surface area contributed by atoms with Gasteiger partial charge in [-0.15, -0.1) is 16.4 Å². The van der Waals surface area contributed by atoms with Crippen LogP contribution in [-0.2, 0) is 13.5 Å². The Bertz CT molecular complexity index is 433. The number of carbonyl (C=O) groups excluding carboxylic acids is 1. The zero-order valence-electron chi connectivity index (χ0n) is 7.67. The Morgan fingerprint density at radius 2 is 2.50 bits per heavy atom. The number of rotatable bonds is 3. The van der Waals surface area contributed by atoms with E-state index in [0.29, 0.717) is 12.1 Å². The highest BCUT2D eigenvalue weighted by molar-refractivity contribution is 7.10. The molecule has 0 radical (unpaired) electrons. The number of aromatic nitrogens is 3. The second-order valence-electron chi connectivity index (χ2n) is 2.96. The van der Waals surface area contributed by atoms with Gasteiger partial charge in [-0.05, 0) is 11.4 Å². The van der Waals surface area contributed by atoms with E-state index >= 15 is 0 Å². The van der Waals surface area contributed by atoms with Gasteiger partial charge in [-0.2, -0.15) is 0 Å². The van der Waals surface area contributed by atoms with E-state index in [1.54, 1.807) is 24.6 Å². The van der Waals surface area contributed by atoms with E-state index < -0.39 is 0 Å². The molecule has 0 saturated carbocycles. The zero-order valence-corrected chi connectivity index (χ0v) is 8.49. The summed E-state index contributed by atoms with van der Waals surface area (Å²) < 4.78 is 1.53. The average Bonchev–Trinajstić information content (AvgIpc) is 2.75. The molecule has 0 fully saturated rings. The first-order chi connectivity index (χ1) is 6.75. The predicted molar refractivity (Wildman–Crippen MR) is 53.4 cm³/mol. The van der Waals surface area contributed by atoms with Crippen molar-refractivity contribution in [2.75, 3.05) is 0 Å². The molecule has 0 atom stereocenters. The predicted octanol–water partition coefficient (Wildman–Crippen LogP) is 1.30. The molecule has 2 heterocycles. The summed E-state index contributed by atoms with van der Waals surface area (Å²) in [4.78, 5) is 12.7. The maximum Gasteiger partial charge on any atom is 0.189 e. The van der Waals surface area contributed by atoms with Crippen LogP contribution in [0.15, 0.2) is 23.7 Å². The van der Waals surface area contributed by atoms with Gasteiger partial charge in [0, 0.05) is 18.3 Å². The topological polar surface area (TPSA) is 47.8 Å². The van der Waals surface area contributed by atoms with Gasteiger partial charge in [0.15, 0.2) is 5.78 Å². The summed E-state index contributed by atoms with van der Waals surface area (Å²) in [5.74, 6) is 0.0144. The van der Waals surface area contributed by atoms with Gasteiger partial charge < -0.3 is 0 Å². The molecule has 5 heteroatoms. The number of Topliss-reactive ketones (excluding diaryl/α,β-unsaturated/α-hetero) is 1. The zero-order chi connectivity index (χ0) is 9.97. The van der Waals surface area contributed by atoms with Crippen LogP contribution >= 0.6 is 11.3 Å². The number of nitrogens with zero attached hydrogens (tertiary/aromatic N) is 3. The largest absolute Gasteiger partial charge is 0.292 e. The number of thiophene rings is 1. The second kappa shape index (κ2) is 3.71. The van der Waals surface area contributed by atoms with Gasteiger partial charge in [0.05, 0.1) is 6.20 Å². The van der Waals surface area contributed by atoms with Crippen molar-refractivity contribution in [1.82, 2.24) is 15.0 Å². The van der Waals surface area contributed by atoms with E-state index in [1.165, 1.54) is 4.68 Å². The van der Waals surface area contributed by atoms with Crippen molar-refractivity contribution >= 4 is 17.1 Å². The summed E-state index contributed by atoms with van der Waals surface area (Å²) >= 11 is 1.58. The molecule has 0 bridgehead atoms. The summed E-state index contributed by atoms with van der Waals surface area (Å²) in [6.07, 6.45) is 2.05. The SMILES string of the molecule is Cn1cc(C(=O)Cc2cccs2)nn1. The minimum Gasteiger partial charge on any atom is -0.292 e. The first kappa shape index (κ1) is 9.08. The lowest BCUT2D eigenvalue weighted by atomic mass is 10.2. The molecule has 0 saturated heterocycles. The fourth-order valence-electron chi connectivity index (χ4n) is 1.14. The summed E-state index contributed by atoms with van der Waals surface area (Å²) in [6, 6.07) is 3.88. The van der Waals surface area contributed by atoms with E-state index in [4.69, 9.17) is 0 Å². The number of hydrogen-bond donors (Lipinski definition) is 0. The first-order valence-corrected chi connectivity index (χ1v) is 5.05. The van der Waals surface area contributed by atoms with Crippen LogP contribution < -0.4 is 0 Å². The van der Waals surface area contributed by atoms with Crippen LogP contribution in [0.3, 0.4) is 0 Å². The standard InChI is InChI=1S/C9H9N3OS/c1-12-6-8(10-11-12)9(13)5-7-3-2-4-14-7/h2-4,6H,5H2,1H3. The summed E-state index contributed by atoms with van der Waals surface area (Å²) in [7, 11) is 1.74. The molecule has 0 aliphatic rings. The third-order valence-corrected chi connectivity index (χ3v) is 2.68. The van der Waals surface area contributed by atoms with Gasteiger partial charge in [-0.3, -0.25) is 9.48 Å². The molecule has 2 aromatic heterocycles. The van der Waals surface area contributed by atoms with Gasteiger partial charge in [0.25, 0.3) is 0 Å². The molecule has 0 spiro atoms. The Hall–Kier alpha value is -1.49. The van der Waals surface area contributed by atoms with Crippen LogP contribution in [0.4, 0.5) is 0 Å². The van der Waals surface area contributed by atoms with Gasteiger partial charge in [0.2, 0.25) is 0 Å². The maximum absolute atomic E-state index is 11.6. The normalized spacial score (nSPS) is 10.4. The minimum atomic E-state index is 0.0144. The number of hydrogen-bond acceptors (Lipinski definition) is 4. The molecule has 0 unspecified atom stereocenters. The Balaban J connectivity index is 2.10. The molecule has 0 aliphatic carbocycles. The summed E-state index contributed by atoms with van der Waals surface area (Å²) in [5, 5.41) is 9.44.